The van der Waals surface area contributed by atoms with Crippen LogP contribution in [0.5, 0.6) is 5.75 Å². The maximum atomic E-state index is 9.28. The van der Waals surface area contributed by atoms with Crippen LogP contribution in [0.4, 0.5) is 0 Å². The Bertz CT molecular complexity index is 1260. The van der Waals surface area contributed by atoms with Crippen LogP contribution in [0.25, 0.3) is 11.0 Å². The molecule has 3 aromatic rings. The Morgan fingerprint density at radius 2 is 1.85 bits per heavy atom. The minimum atomic E-state index is 0.235. The highest BCUT2D eigenvalue weighted by molar-refractivity contribution is 5.77. The zero-order valence-electron chi connectivity index (χ0n) is 23.8. The van der Waals surface area contributed by atoms with Gasteiger partial charge in [0.2, 0.25) is 5.82 Å². The van der Waals surface area contributed by atoms with Crippen molar-refractivity contribution in [2.24, 2.45) is 5.92 Å². The predicted molar refractivity (Wildman–Crippen MR) is 155 cm³/mol. The van der Waals surface area contributed by atoms with Crippen LogP contribution in [-0.2, 0) is 13.1 Å². The first kappa shape index (κ1) is 27.6. The van der Waals surface area contributed by atoms with E-state index in [1.165, 1.54) is 37.4 Å². The van der Waals surface area contributed by atoms with E-state index in [0.717, 1.165) is 75.4 Å². The number of hydrogen-bond donors (Lipinski definition) is 0. The quantitative estimate of drug-likeness (QED) is 0.362. The molecule has 0 unspecified atom stereocenters. The number of piperidine rings is 1. The van der Waals surface area contributed by atoms with Crippen LogP contribution in [0.15, 0.2) is 36.5 Å². The fourth-order valence-corrected chi connectivity index (χ4v) is 5.91. The van der Waals surface area contributed by atoms with E-state index in [9.17, 15) is 5.26 Å². The molecule has 1 aromatic carbocycles. The first-order chi connectivity index (χ1) is 19.0. The average Bonchev–Trinajstić information content (AvgIpc) is 3.28. The number of ether oxygens (including phenoxy) is 1. The highest BCUT2D eigenvalue weighted by atomic mass is 16.5. The second kappa shape index (κ2) is 12.9. The number of hydrogen-bond acceptors (Lipinski definition) is 7. The molecule has 0 atom stereocenters. The Morgan fingerprint density at radius 1 is 1.05 bits per heavy atom. The largest absolute Gasteiger partial charge is 0.494 e. The average molecular weight is 530 g/mol. The van der Waals surface area contributed by atoms with Crippen molar-refractivity contribution < 1.29 is 4.74 Å². The third kappa shape index (κ3) is 7.16. The number of nitriles is 1. The van der Waals surface area contributed by atoms with E-state index >= 15 is 0 Å². The van der Waals surface area contributed by atoms with Crippen molar-refractivity contribution in [2.45, 2.75) is 52.1 Å². The van der Waals surface area contributed by atoms with Gasteiger partial charge in [0, 0.05) is 63.1 Å². The highest BCUT2D eigenvalue weighted by Gasteiger charge is 2.23. The third-order valence-electron chi connectivity index (χ3n) is 8.15. The molecule has 0 aliphatic carbocycles. The number of rotatable bonds is 10. The lowest BCUT2D eigenvalue weighted by molar-refractivity contribution is 0.145. The number of aromatic nitrogens is 3. The lowest BCUT2D eigenvalue weighted by atomic mass is 9.89. The van der Waals surface area contributed by atoms with Gasteiger partial charge < -0.3 is 19.1 Å². The van der Waals surface area contributed by atoms with Gasteiger partial charge in [-0.15, -0.1) is 0 Å². The zero-order chi connectivity index (χ0) is 27.2. The fourth-order valence-electron chi connectivity index (χ4n) is 5.91. The molecule has 8 nitrogen and oxygen atoms in total. The summed E-state index contributed by atoms with van der Waals surface area (Å²) in [6.07, 6.45) is 5.16. The molecule has 39 heavy (non-hydrogen) atoms. The van der Waals surface area contributed by atoms with Gasteiger partial charge in [-0.1, -0.05) is 26.0 Å². The molecular formula is C31H43N7O. The molecular weight excluding hydrogens is 486 g/mol. The molecule has 0 saturated carbocycles. The molecule has 2 aliphatic rings. The summed E-state index contributed by atoms with van der Waals surface area (Å²) in [4.78, 5) is 16.2. The number of fused-ring (bicyclic) bond motifs is 1. The third-order valence-corrected chi connectivity index (χ3v) is 8.15. The normalized spacial score (nSPS) is 18.1. The summed E-state index contributed by atoms with van der Waals surface area (Å²) in [6, 6.07) is 13.1. The van der Waals surface area contributed by atoms with Gasteiger partial charge in [0.1, 0.15) is 17.5 Å². The summed E-state index contributed by atoms with van der Waals surface area (Å²) in [5.41, 5.74) is 3.54. The van der Waals surface area contributed by atoms with Gasteiger partial charge in [0.05, 0.1) is 6.61 Å². The van der Waals surface area contributed by atoms with Crippen molar-refractivity contribution >= 4 is 11.0 Å². The molecule has 0 radical (unpaired) electrons. The number of likely N-dealkylation sites (tertiary alicyclic amines) is 1. The van der Waals surface area contributed by atoms with Gasteiger partial charge in [-0.25, -0.2) is 9.97 Å². The van der Waals surface area contributed by atoms with E-state index in [0.29, 0.717) is 11.8 Å². The summed E-state index contributed by atoms with van der Waals surface area (Å²) in [5, 5.41) is 10.3. The molecule has 2 aliphatic heterocycles. The molecule has 2 saturated heterocycles. The highest BCUT2D eigenvalue weighted by Crippen LogP contribution is 2.31. The Kier molecular flexibility index (Phi) is 9.13. The Morgan fingerprint density at radius 3 is 2.59 bits per heavy atom. The van der Waals surface area contributed by atoms with E-state index in [-0.39, 0.29) is 5.82 Å². The van der Waals surface area contributed by atoms with Crippen molar-refractivity contribution in [1.29, 1.82) is 5.26 Å². The monoisotopic (exact) mass is 529 g/mol. The van der Waals surface area contributed by atoms with E-state index in [2.05, 4.69) is 86.5 Å². The smallest absolute Gasteiger partial charge is 0.234 e. The summed E-state index contributed by atoms with van der Waals surface area (Å²) >= 11 is 0. The maximum Gasteiger partial charge on any atom is 0.234 e. The van der Waals surface area contributed by atoms with Gasteiger partial charge in [-0.05, 0) is 75.0 Å². The SMILES string of the molecule is CC(C)Cn1c(CN2CCC(c3cccc(OCCCN4CCN(C)CC4)c3)CC2)cc2cnc(C#N)nc21. The van der Waals surface area contributed by atoms with Crippen LogP contribution in [0, 0.1) is 17.2 Å². The molecule has 0 N–H and O–H groups in total. The van der Waals surface area contributed by atoms with Crippen molar-refractivity contribution in [3.8, 4) is 11.8 Å². The Hall–Kier alpha value is -2.99. The van der Waals surface area contributed by atoms with E-state index in [4.69, 9.17) is 4.74 Å². The molecule has 2 aromatic heterocycles. The van der Waals surface area contributed by atoms with Crippen LogP contribution in [0.3, 0.4) is 0 Å². The first-order valence-electron chi connectivity index (χ1n) is 14.6. The van der Waals surface area contributed by atoms with Gasteiger partial charge in [-0.3, -0.25) is 4.90 Å². The summed E-state index contributed by atoms with van der Waals surface area (Å²) in [5.74, 6) is 2.30. The van der Waals surface area contributed by atoms with Crippen LogP contribution in [-0.4, -0.2) is 88.7 Å². The lowest BCUT2D eigenvalue weighted by Gasteiger charge is -2.32. The first-order valence-corrected chi connectivity index (χ1v) is 14.6. The second-order valence-corrected chi connectivity index (χ2v) is 11.7. The predicted octanol–water partition coefficient (Wildman–Crippen LogP) is 4.35. The van der Waals surface area contributed by atoms with Gasteiger partial charge in [0.25, 0.3) is 0 Å². The van der Waals surface area contributed by atoms with E-state index in [1.807, 2.05) is 0 Å². The van der Waals surface area contributed by atoms with Crippen molar-refractivity contribution in [1.82, 2.24) is 29.2 Å². The van der Waals surface area contributed by atoms with Gasteiger partial charge in [-0.2, -0.15) is 5.26 Å². The summed E-state index contributed by atoms with van der Waals surface area (Å²) < 4.78 is 8.45. The van der Waals surface area contributed by atoms with E-state index in [1.54, 1.807) is 6.20 Å². The minimum absolute atomic E-state index is 0.235. The molecule has 2 fully saturated rings. The number of benzene rings is 1. The van der Waals surface area contributed by atoms with Crippen LogP contribution < -0.4 is 4.74 Å². The number of likely N-dealkylation sites (N-methyl/N-ethyl adjacent to an activating group) is 1. The molecule has 0 amide bonds. The zero-order valence-corrected chi connectivity index (χ0v) is 23.8. The van der Waals surface area contributed by atoms with Crippen molar-refractivity contribution in [3.05, 3.63) is 53.6 Å². The molecule has 208 valence electrons. The molecule has 5 rings (SSSR count). The van der Waals surface area contributed by atoms with Gasteiger partial charge >= 0.3 is 0 Å². The van der Waals surface area contributed by atoms with Crippen molar-refractivity contribution in [2.75, 3.05) is 59.5 Å². The molecule has 4 heterocycles. The van der Waals surface area contributed by atoms with Crippen LogP contribution in [0.2, 0.25) is 0 Å². The topological polar surface area (TPSA) is 73.5 Å². The number of nitrogens with zero attached hydrogens (tertiary/aromatic N) is 7. The van der Waals surface area contributed by atoms with E-state index < -0.39 is 0 Å². The Labute approximate surface area is 233 Å². The molecule has 0 bridgehead atoms. The van der Waals surface area contributed by atoms with Crippen molar-refractivity contribution in [3.63, 3.8) is 0 Å². The molecule has 0 spiro atoms. The van der Waals surface area contributed by atoms with Crippen LogP contribution in [0.1, 0.15) is 56.1 Å². The minimum Gasteiger partial charge on any atom is -0.494 e. The molecule has 8 heteroatoms. The number of piperazine rings is 1. The lowest BCUT2D eigenvalue weighted by Crippen LogP contribution is -2.44. The fraction of sp³-hybridized carbons (Fsp3) is 0.581. The Balaban J connectivity index is 1.14. The second-order valence-electron chi connectivity index (χ2n) is 11.7. The van der Waals surface area contributed by atoms with Gasteiger partial charge in [0.15, 0.2) is 0 Å². The standard InChI is InChI=1S/C31H43N7O/c1-24(2)22-38-28(18-27-21-33-30(20-32)34-31(27)38)23-37-11-8-25(9-12-37)26-6-4-7-29(19-26)39-17-5-10-36-15-13-35(3)14-16-36/h4,6-7,18-19,21,24-25H,5,8-17,22-23H2,1-3H3. The van der Waals surface area contributed by atoms with Crippen LogP contribution >= 0.6 is 0 Å². The summed E-state index contributed by atoms with van der Waals surface area (Å²) in [6.45, 7) is 14.9. The summed E-state index contributed by atoms with van der Waals surface area (Å²) in [7, 11) is 2.20. The maximum absolute atomic E-state index is 9.28.